The van der Waals surface area contributed by atoms with Gasteiger partial charge in [0.2, 0.25) is 0 Å². The number of nitrogens with one attached hydrogen (secondary N) is 1. The maximum atomic E-state index is 11.7. The summed E-state index contributed by atoms with van der Waals surface area (Å²) in [7, 11) is 0. The molecule has 0 rings (SSSR count). The van der Waals surface area contributed by atoms with Crippen LogP contribution in [0.5, 0.6) is 0 Å². The summed E-state index contributed by atoms with van der Waals surface area (Å²) in [5.74, 6) is 0.554. The van der Waals surface area contributed by atoms with Crippen LogP contribution in [0.15, 0.2) is 12.2 Å². The molecule has 0 aliphatic rings. The van der Waals surface area contributed by atoms with Gasteiger partial charge < -0.3 is 10.1 Å². The second kappa shape index (κ2) is 7.97. The van der Waals surface area contributed by atoms with Gasteiger partial charge in [0.25, 0.3) is 0 Å². The fraction of sp³-hybridized carbons (Fsp3) is 0.733. The van der Waals surface area contributed by atoms with Crippen molar-refractivity contribution in [3.63, 3.8) is 0 Å². The van der Waals surface area contributed by atoms with E-state index in [0.717, 1.165) is 6.42 Å². The van der Waals surface area contributed by atoms with E-state index < -0.39 is 11.7 Å². The second-order valence-corrected chi connectivity index (χ2v) is 6.22. The molecule has 1 amide bonds. The SMILES string of the molecule is CC(=O)C/C=C/[C@H](CC(C)C)NC(=O)OC(C)(C)C. The molecule has 4 heteroatoms. The van der Waals surface area contributed by atoms with Crippen molar-refractivity contribution in [2.75, 3.05) is 0 Å². The Hall–Kier alpha value is -1.32. The van der Waals surface area contributed by atoms with Gasteiger partial charge >= 0.3 is 6.09 Å². The number of hydrogen-bond acceptors (Lipinski definition) is 3. The fourth-order valence-electron chi connectivity index (χ4n) is 1.55. The molecule has 19 heavy (non-hydrogen) atoms. The van der Waals surface area contributed by atoms with Crippen molar-refractivity contribution in [2.24, 2.45) is 5.92 Å². The van der Waals surface area contributed by atoms with Gasteiger partial charge in [-0.3, -0.25) is 4.79 Å². The molecule has 1 atom stereocenters. The normalized spacial score (nSPS) is 13.6. The molecule has 0 aliphatic heterocycles. The summed E-state index contributed by atoms with van der Waals surface area (Å²) in [6, 6.07) is -0.103. The van der Waals surface area contributed by atoms with Crippen LogP contribution in [-0.4, -0.2) is 23.5 Å². The summed E-state index contributed by atoms with van der Waals surface area (Å²) in [6.07, 6.45) is 4.45. The third-order valence-electron chi connectivity index (χ3n) is 2.20. The van der Waals surface area contributed by atoms with E-state index in [9.17, 15) is 9.59 Å². The first-order valence-corrected chi connectivity index (χ1v) is 6.75. The molecule has 0 aliphatic carbocycles. The van der Waals surface area contributed by atoms with Crippen LogP contribution in [0.4, 0.5) is 4.79 Å². The smallest absolute Gasteiger partial charge is 0.408 e. The Kier molecular flexibility index (Phi) is 7.42. The minimum absolute atomic E-state index is 0.103. The lowest BCUT2D eigenvalue weighted by atomic mass is 10.0. The predicted molar refractivity (Wildman–Crippen MR) is 77.1 cm³/mol. The van der Waals surface area contributed by atoms with Gasteiger partial charge in [0.1, 0.15) is 11.4 Å². The zero-order valence-electron chi connectivity index (χ0n) is 12.9. The summed E-state index contributed by atoms with van der Waals surface area (Å²) < 4.78 is 5.23. The van der Waals surface area contributed by atoms with Crippen LogP contribution in [0.1, 0.15) is 54.4 Å². The van der Waals surface area contributed by atoms with Gasteiger partial charge in [-0.2, -0.15) is 0 Å². The highest BCUT2D eigenvalue weighted by molar-refractivity contribution is 5.77. The van der Waals surface area contributed by atoms with E-state index in [0.29, 0.717) is 12.3 Å². The highest BCUT2D eigenvalue weighted by Gasteiger charge is 2.18. The topological polar surface area (TPSA) is 55.4 Å². The molecule has 0 saturated carbocycles. The Bertz CT molecular complexity index is 327. The van der Waals surface area contributed by atoms with Gasteiger partial charge in [0.15, 0.2) is 0 Å². The molecular formula is C15H27NO3. The number of hydrogen-bond donors (Lipinski definition) is 1. The van der Waals surface area contributed by atoms with Gasteiger partial charge in [-0.1, -0.05) is 26.0 Å². The number of carbonyl (C=O) groups is 2. The van der Waals surface area contributed by atoms with Crippen molar-refractivity contribution < 1.29 is 14.3 Å². The molecule has 4 nitrogen and oxygen atoms in total. The number of alkyl carbamates (subject to hydrolysis) is 1. The third-order valence-corrected chi connectivity index (χ3v) is 2.20. The first-order valence-electron chi connectivity index (χ1n) is 6.75. The van der Waals surface area contributed by atoms with E-state index in [-0.39, 0.29) is 11.8 Å². The summed E-state index contributed by atoms with van der Waals surface area (Å²) in [6.45, 7) is 11.2. The molecule has 0 bridgehead atoms. The van der Waals surface area contributed by atoms with E-state index in [1.54, 1.807) is 13.0 Å². The van der Waals surface area contributed by atoms with Crippen molar-refractivity contribution >= 4 is 11.9 Å². The van der Waals surface area contributed by atoms with Crippen LogP contribution in [0.2, 0.25) is 0 Å². The molecule has 0 aromatic heterocycles. The number of ether oxygens (including phenoxy) is 1. The maximum absolute atomic E-state index is 11.7. The molecule has 0 heterocycles. The van der Waals surface area contributed by atoms with Gasteiger partial charge in [-0.05, 0) is 40.0 Å². The monoisotopic (exact) mass is 269 g/mol. The first-order chi connectivity index (χ1) is 8.60. The zero-order chi connectivity index (χ0) is 15.1. The van der Waals surface area contributed by atoms with Gasteiger partial charge in [0.05, 0.1) is 6.04 Å². The minimum Gasteiger partial charge on any atom is -0.444 e. The van der Waals surface area contributed by atoms with E-state index >= 15 is 0 Å². The predicted octanol–water partition coefficient (Wildman–Crippen LogP) is 3.46. The Morgan fingerprint density at radius 3 is 2.26 bits per heavy atom. The number of rotatable bonds is 6. The maximum Gasteiger partial charge on any atom is 0.408 e. The third kappa shape index (κ3) is 11.5. The lowest BCUT2D eigenvalue weighted by molar-refractivity contribution is -0.116. The molecule has 0 aromatic carbocycles. The molecule has 1 N–H and O–H groups in total. The van der Waals surface area contributed by atoms with E-state index in [1.807, 2.05) is 26.8 Å². The van der Waals surface area contributed by atoms with E-state index in [1.165, 1.54) is 0 Å². The Labute approximate surface area is 116 Å². The molecule has 0 fully saturated rings. The van der Waals surface area contributed by atoms with Crippen LogP contribution in [0, 0.1) is 5.92 Å². The van der Waals surface area contributed by atoms with Gasteiger partial charge in [-0.15, -0.1) is 0 Å². The van der Waals surface area contributed by atoms with Crippen LogP contribution in [0.3, 0.4) is 0 Å². The highest BCUT2D eigenvalue weighted by atomic mass is 16.6. The number of amides is 1. The van der Waals surface area contributed by atoms with Crippen molar-refractivity contribution in [1.82, 2.24) is 5.32 Å². The van der Waals surface area contributed by atoms with Crippen molar-refractivity contribution in [2.45, 2.75) is 66.0 Å². The Morgan fingerprint density at radius 2 is 1.84 bits per heavy atom. The minimum atomic E-state index is -0.504. The molecule has 0 unspecified atom stereocenters. The number of ketones is 1. The van der Waals surface area contributed by atoms with Crippen LogP contribution in [0.25, 0.3) is 0 Å². The first kappa shape index (κ1) is 17.7. The molecule has 0 radical (unpaired) electrons. The standard InChI is InChI=1S/C15H27NO3/c1-11(2)10-13(9-7-8-12(3)17)16-14(18)19-15(4,5)6/h7,9,11,13H,8,10H2,1-6H3,(H,16,18)/b9-7+/t13-/m1/s1. The Balaban J connectivity index is 4.46. The van der Waals surface area contributed by atoms with Crippen LogP contribution >= 0.6 is 0 Å². The Morgan fingerprint density at radius 1 is 1.26 bits per heavy atom. The summed E-state index contributed by atoms with van der Waals surface area (Å²) in [4.78, 5) is 22.6. The molecule has 110 valence electrons. The molecule has 0 saturated heterocycles. The van der Waals surface area contributed by atoms with Crippen molar-refractivity contribution in [3.8, 4) is 0 Å². The van der Waals surface area contributed by atoms with Gasteiger partial charge in [0, 0.05) is 6.42 Å². The molecule has 0 aromatic rings. The number of carbonyl (C=O) groups excluding carboxylic acids is 2. The van der Waals surface area contributed by atoms with Crippen molar-refractivity contribution in [1.29, 1.82) is 0 Å². The summed E-state index contributed by atoms with van der Waals surface area (Å²) in [5, 5.41) is 2.82. The molecule has 0 spiro atoms. The second-order valence-electron chi connectivity index (χ2n) is 6.22. The molecular weight excluding hydrogens is 242 g/mol. The lowest BCUT2D eigenvalue weighted by Crippen LogP contribution is -2.38. The van der Waals surface area contributed by atoms with E-state index in [4.69, 9.17) is 4.74 Å². The van der Waals surface area contributed by atoms with Gasteiger partial charge in [-0.25, -0.2) is 4.79 Å². The average Bonchev–Trinajstić information content (AvgIpc) is 2.11. The van der Waals surface area contributed by atoms with E-state index in [2.05, 4.69) is 19.2 Å². The number of Topliss-reactive ketones (excluding diaryl/α,β-unsaturated/α-hetero) is 1. The lowest BCUT2D eigenvalue weighted by Gasteiger charge is -2.23. The van der Waals surface area contributed by atoms with Crippen LogP contribution in [-0.2, 0) is 9.53 Å². The summed E-state index contributed by atoms with van der Waals surface area (Å²) in [5.41, 5.74) is -0.504. The fourth-order valence-corrected chi connectivity index (χ4v) is 1.55. The quantitative estimate of drug-likeness (QED) is 0.751. The zero-order valence-corrected chi connectivity index (χ0v) is 12.9. The number of allylic oxidation sites excluding steroid dienone is 1. The average molecular weight is 269 g/mol. The highest BCUT2D eigenvalue weighted by Crippen LogP contribution is 2.10. The summed E-state index contributed by atoms with van der Waals surface area (Å²) >= 11 is 0. The van der Waals surface area contributed by atoms with Crippen molar-refractivity contribution in [3.05, 3.63) is 12.2 Å². The largest absolute Gasteiger partial charge is 0.444 e. The van der Waals surface area contributed by atoms with Crippen LogP contribution < -0.4 is 5.32 Å².